The molecular formula is C9H18O. The molecule has 0 aromatic heterocycles. The third-order valence-electron chi connectivity index (χ3n) is 1.69. The van der Waals surface area contributed by atoms with Crippen LogP contribution in [0.2, 0.25) is 0 Å². The maximum absolute atomic E-state index is 9.42. The molecule has 60 valence electrons. The highest BCUT2D eigenvalue weighted by Gasteiger charge is 2.11. The average Bonchev–Trinajstić information content (AvgIpc) is 1.85. The third kappa shape index (κ3) is 3.67. The van der Waals surface area contributed by atoms with Crippen LogP contribution in [-0.4, -0.2) is 11.2 Å². The third-order valence-corrected chi connectivity index (χ3v) is 1.69. The van der Waals surface area contributed by atoms with E-state index in [1.807, 2.05) is 6.92 Å². The Bertz CT molecular complexity index is 96.9. The van der Waals surface area contributed by atoms with Crippen LogP contribution in [0.1, 0.15) is 27.2 Å². The summed E-state index contributed by atoms with van der Waals surface area (Å²) < 4.78 is 0. The molecule has 2 atom stereocenters. The van der Waals surface area contributed by atoms with E-state index in [2.05, 4.69) is 20.4 Å². The Labute approximate surface area is 63.8 Å². The zero-order valence-corrected chi connectivity index (χ0v) is 7.17. The van der Waals surface area contributed by atoms with Gasteiger partial charge < -0.3 is 5.11 Å². The second-order valence-electron chi connectivity index (χ2n) is 3.29. The number of hydrogen-bond acceptors (Lipinski definition) is 1. The molecule has 0 spiro atoms. The first-order chi connectivity index (χ1) is 4.57. The molecule has 1 heteroatoms. The van der Waals surface area contributed by atoms with Crippen LogP contribution in [0.25, 0.3) is 0 Å². The van der Waals surface area contributed by atoms with Crippen molar-refractivity contribution in [1.29, 1.82) is 0 Å². The predicted molar refractivity (Wildman–Crippen MR) is 44.8 cm³/mol. The van der Waals surface area contributed by atoms with Crippen molar-refractivity contribution in [1.82, 2.24) is 0 Å². The number of aliphatic hydroxyl groups excluding tert-OH is 1. The average molecular weight is 142 g/mol. The lowest BCUT2D eigenvalue weighted by Crippen LogP contribution is -2.17. The molecule has 1 nitrogen and oxygen atoms in total. The summed E-state index contributed by atoms with van der Waals surface area (Å²) in [6.07, 6.45) is 2.46. The SMILES string of the molecule is C=CC(C)C(O)CC(C)C. The summed E-state index contributed by atoms with van der Waals surface area (Å²) in [7, 11) is 0. The van der Waals surface area contributed by atoms with Crippen molar-refractivity contribution in [2.45, 2.75) is 33.3 Å². The summed E-state index contributed by atoms with van der Waals surface area (Å²) in [5, 5.41) is 9.42. The molecule has 0 amide bonds. The van der Waals surface area contributed by atoms with Gasteiger partial charge in [0.2, 0.25) is 0 Å². The van der Waals surface area contributed by atoms with Crippen molar-refractivity contribution < 1.29 is 5.11 Å². The van der Waals surface area contributed by atoms with Crippen LogP contribution in [-0.2, 0) is 0 Å². The standard InChI is InChI=1S/C9H18O/c1-5-8(4)9(10)6-7(2)3/h5,7-10H,1,6H2,2-4H3. The number of aliphatic hydroxyl groups is 1. The van der Waals surface area contributed by atoms with E-state index < -0.39 is 0 Å². The minimum absolute atomic E-state index is 0.211. The zero-order valence-electron chi connectivity index (χ0n) is 7.17. The van der Waals surface area contributed by atoms with E-state index in [1.54, 1.807) is 6.08 Å². The van der Waals surface area contributed by atoms with E-state index in [0.29, 0.717) is 5.92 Å². The lowest BCUT2D eigenvalue weighted by molar-refractivity contribution is 0.114. The van der Waals surface area contributed by atoms with Crippen LogP contribution in [0.4, 0.5) is 0 Å². The van der Waals surface area contributed by atoms with Crippen molar-refractivity contribution in [2.24, 2.45) is 11.8 Å². The summed E-state index contributed by atoms with van der Waals surface area (Å²) in [4.78, 5) is 0. The topological polar surface area (TPSA) is 20.2 Å². The van der Waals surface area contributed by atoms with E-state index in [-0.39, 0.29) is 12.0 Å². The molecule has 0 aromatic carbocycles. The van der Waals surface area contributed by atoms with Crippen molar-refractivity contribution in [3.05, 3.63) is 12.7 Å². The highest BCUT2D eigenvalue weighted by molar-refractivity contribution is 4.81. The lowest BCUT2D eigenvalue weighted by atomic mass is 9.96. The molecular weight excluding hydrogens is 124 g/mol. The molecule has 0 radical (unpaired) electrons. The van der Waals surface area contributed by atoms with Gasteiger partial charge in [0.05, 0.1) is 6.10 Å². The van der Waals surface area contributed by atoms with Crippen LogP contribution in [0, 0.1) is 11.8 Å². The molecule has 0 aliphatic rings. The van der Waals surface area contributed by atoms with E-state index in [4.69, 9.17) is 0 Å². The van der Waals surface area contributed by atoms with E-state index >= 15 is 0 Å². The molecule has 0 fully saturated rings. The van der Waals surface area contributed by atoms with Crippen LogP contribution in [0.3, 0.4) is 0 Å². The molecule has 0 aromatic rings. The smallest absolute Gasteiger partial charge is 0.0602 e. The Morgan fingerprint density at radius 1 is 1.40 bits per heavy atom. The monoisotopic (exact) mass is 142 g/mol. The van der Waals surface area contributed by atoms with Crippen LogP contribution >= 0.6 is 0 Å². The highest BCUT2D eigenvalue weighted by atomic mass is 16.3. The van der Waals surface area contributed by atoms with Gasteiger partial charge in [-0.05, 0) is 18.3 Å². The van der Waals surface area contributed by atoms with Gasteiger partial charge >= 0.3 is 0 Å². The van der Waals surface area contributed by atoms with E-state index in [0.717, 1.165) is 6.42 Å². The van der Waals surface area contributed by atoms with E-state index in [9.17, 15) is 5.11 Å². The Balaban J connectivity index is 3.60. The summed E-state index contributed by atoms with van der Waals surface area (Å²) in [5.74, 6) is 0.791. The van der Waals surface area contributed by atoms with Gasteiger partial charge in [0.1, 0.15) is 0 Å². The minimum atomic E-state index is -0.211. The second-order valence-corrected chi connectivity index (χ2v) is 3.29. The van der Waals surface area contributed by atoms with Gasteiger partial charge in [-0.15, -0.1) is 6.58 Å². The first-order valence-corrected chi connectivity index (χ1v) is 3.88. The number of rotatable bonds is 4. The fraction of sp³-hybridized carbons (Fsp3) is 0.778. The van der Waals surface area contributed by atoms with E-state index in [1.165, 1.54) is 0 Å². The van der Waals surface area contributed by atoms with Gasteiger partial charge in [0, 0.05) is 0 Å². The Morgan fingerprint density at radius 2 is 1.90 bits per heavy atom. The maximum Gasteiger partial charge on any atom is 0.0602 e. The molecule has 2 unspecified atom stereocenters. The van der Waals surface area contributed by atoms with Gasteiger partial charge in [0.25, 0.3) is 0 Å². The minimum Gasteiger partial charge on any atom is -0.393 e. The predicted octanol–water partition coefficient (Wildman–Crippen LogP) is 2.22. The van der Waals surface area contributed by atoms with Crippen molar-refractivity contribution in [2.75, 3.05) is 0 Å². The summed E-state index contributed by atoms with van der Waals surface area (Å²) in [5.41, 5.74) is 0. The van der Waals surface area contributed by atoms with Gasteiger partial charge in [-0.3, -0.25) is 0 Å². The summed E-state index contributed by atoms with van der Waals surface area (Å²) in [6.45, 7) is 9.84. The van der Waals surface area contributed by atoms with Gasteiger partial charge in [-0.2, -0.15) is 0 Å². The number of hydrogen-bond donors (Lipinski definition) is 1. The Morgan fingerprint density at radius 3 is 2.20 bits per heavy atom. The Kier molecular flexibility index (Phi) is 4.37. The van der Waals surface area contributed by atoms with Crippen LogP contribution < -0.4 is 0 Å². The first kappa shape index (κ1) is 9.70. The molecule has 0 aliphatic carbocycles. The van der Waals surface area contributed by atoms with Gasteiger partial charge in [-0.1, -0.05) is 26.8 Å². The fourth-order valence-electron chi connectivity index (χ4n) is 0.855. The summed E-state index contributed by atoms with van der Waals surface area (Å²) >= 11 is 0. The van der Waals surface area contributed by atoms with Crippen LogP contribution in [0.15, 0.2) is 12.7 Å². The quantitative estimate of drug-likeness (QED) is 0.597. The molecule has 0 aliphatic heterocycles. The maximum atomic E-state index is 9.42. The van der Waals surface area contributed by atoms with Crippen molar-refractivity contribution in [3.63, 3.8) is 0 Å². The first-order valence-electron chi connectivity index (χ1n) is 3.88. The van der Waals surface area contributed by atoms with Gasteiger partial charge in [0.15, 0.2) is 0 Å². The molecule has 0 bridgehead atoms. The van der Waals surface area contributed by atoms with Crippen molar-refractivity contribution >= 4 is 0 Å². The fourth-order valence-corrected chi connectivity index (χ4v) is 0.855. The highest BCUT2D eigenvalue weighted by Crippen LogP contribution is 2.12. The van der Waals surface area contributed by atoms with Crippen LogP contribution in [0.5, 0.6) is 0 Å². The normalized spacial score (nSPS) is 16.9. The zero-order chi connectivity index (χ0) is 8.15. The lowest BCUT2D eigenvalue weighted by Gasteiger charge is -2.16. The molecule has 0 rings (SSSR count). The largest absolute Gasteiger partial charge is 0.393 e. The molecule has 1 N–H and O–H groups in total. The summed E-state index contributed by atoms with van der Waals surface area (Å²) in [6, 6.07) is 0. The molecule has 0 saturated heterocycles. The molecule has 10 heavy (non-hydrogen) atoms. The second kappa shape index (κ2) is 4.51. The molecule has 0 heterocycles. The van der Waals surface area contributed by atoms with Gasteiger partial charge in [-0.25, -0.2) is 0 Å². The molecule has 0 saturated carbocycles. The van der Waals surface area contributed by atoms with Crippen molar-refractivity contribution in [3.8, 4) is 0 Å². The Hall–Kier alpha value is -0.300.